The second kappa shape index (κ2) is 4.31. The fraction of sp³-hybridized carbons (Fsp3) is 0.111. The second-order valence-electron chi connectivity index (χ2n) is 3.19. The Morgan fingerprint density at radius 1 is 1.35 bits per heavy atom. The minimum absolute atomic E-state index is 0.0906. The summed E-state index contributed by atoms with van der Waals surface area (Å²) >= 11 is 11.8. The topological polar surface area (TPSA) is 82.1 Å². The molecule has 0 aliphatic carbocycles. The number of non-ortho nitro benzene ring substituents is 1. The van der Waals surface area contributed by atoms with Crippen LogP contribution >= 0.6 is 23.2 Å². The highest BCUT2D eigenvalue weighted by Crippen LogP contribution is 2.36. The lowest BCUT2D eigenvalue weighted by atomic mass is 10.2. The standard InChI is InChI=1S/C9H5Cl2N3O3/c1-4-12-9(17-13-4)8-6(10)2-5(14(15)16)3-7(8)11/h2-3H,1H3. The van der Waals surface area contributed by atoms with Gasteiger partial charge in [0.25, 0.3) is 11.6 Å². The van der Waals surface area contributed by atoms with E-state index in [0.29, 0.717) is 11.4 Å². The maximum atomic E-state index is 10.6. The summed E-state index contributed by atoms with van der Waals surface area (Å²) in [4.78, 5) is 14.0. The molecule has 88 valence electrons. The SMILES string of the molecule is Cc1noc(-c2c(Cl)cc([N+](=O)[O-])cc2Cl)n1. The molecule has 1 aromatic heterocycles. The molecule has 0 bridgehead atoms. The number of hydrogen-bond donors (Lipinski definition) is 0. The first-order valence-corrected chi connectivity index (χ1v) is 5.18. The molecule has 0 unspecified atom stereocenters. The first-order valence-electron chi connectivity index (χ1n) is 4.43. The van der Waals surface area contributed by atoms with Gasteiger partial charge in [-0.3, -0.25) is 10.1 Å². The van der Waals surface area contributed by atoms with E-state index in [1.54, 1.807) is 6.92 Å². The van der Waals surface area contributed by atoms with Gasteiger partial charge in [0.2, 0.25) is 0 Å². The van der Waals surface area contributed by atoms with E-state index in [9.17, 15) is 10.1 Å². The van der Waals surface area contributed by atoms with Crippen molar-refractivity contribution in [3.05, 3.63) is 38.1 Å². The first kappa shape index (κ1) is 11.8. The highest BCUT2D eigenvalue weighted by molar-refractivity contribution is 6.39. The molecule has 0 aliphatic heterocycles. The lowest BCUT2D eigenvalue weighted by molar-refractivity contribution is -0.384. The van der Waals surface area contributed by atoms with Gasteiger partial charge in [-0.05, 0) is 6.92 Å². The average Bonchev–Trinajstić information content (AvgIpc) is 2.63. The van der Waals surface area contributed by atoms with Crippen LogP contribution in [0.4, 0.5) is 5.69 Å². The first-order chi connectivity index (χ1) is 7.99. The Bertz CT molecular complexity index is 574. The van der Waals surface area contributed by atoms with Crippen molar-refractivity contribution in [1.29, 1.82) is 0 Å². The number of nitrogens with zero attached hydrogens (tertiary/aromatic N) is 3. The monoisotopic (exact) mass is 273 g/mol. The van der Waals surface area contributed by atoms with Gasteiger partial charge >= 0.3 is 0 Å². The van der Waals surface area contributed by atoms with Crippen LogP contribution in [0.15, 0.2) is 16.7 Å². The summed E-state index contributed by atoms with van der Waals surface area (Å²) in [6.07, 6.45) is 0. The van der Waals surface area contributed by atoms with E-state index in [2.05, 4.69) is 10.1 Å². The van der Waals surface area contributed by atoms with E-state index < -0.39 is 4.92 Å². The van der Waals surface area contributed by atoms with Crippen LogP contribution in [0.25, 0.3) is 11.5 Å². The number of halogens is 2. The molecule has 8 heteroatoms. The molecular weight excluding hydrogens is 269 g/mol. The van der Waals surface area contributed by atoms with Crippen LogP contribution in [-0.4, -0.2) is 15.1 Å². The van der Waals surface area contributed by atoms with Crippen LogP contribution in [-0.2, 0) is 0 Å². The van der Waals surface area contributed by atoms with Gasteiger partial charge in [-0.25, -0.2) is 0 Å². The molecule has 0 saturated carbocycles. The summed E-state index contributed by atoms with van der Waals surface area (Å²) in [5.74, 6) is 0.554. The summed E-state index contributed by atoms with van der Waals surface area (Å²) in [5, 5.41) is 14.4. The number of benzene rings is 1. The molecule has 1 heterocycles. The Hall–Kier alpha value is -1.66. The van der Waals surface area contributed by atoms with Gasteiger partial charge < -0.3 is 4.52 Å². The Balaban J connectivity index is 2.60. The molecule has 2 aromatic rings. The van der Waals surface area contributed by atoms with Crippen LogP contribution < -0.4 is 0 Å². The number of hydrogen-bond acceptors (Lipinski definition) is 5. The van der Waals surface area contributed by atoms with Gasteiger partial charge in [0.05, 0.1) is 20.5 Å². The zero-order valence-electron chi connectivity index (χ0n) is 8.48. The summed E-state index contributed by atoms with van der Waals surface area (Å²) in [5.41, 5.74) is 0.0968. The van der Waals surface area contributed by atoms with E-state index in [1.165, 1.54) is 12.1 Å². The third-order valence-corrected chi connectivity index (χ3v) is 2.58. The van der Waals surface area contributed by atoms with Gasteiger partial charge in [-0.2, -0.15) is 4.98 Å². The molecule has 1 aromatic carbocycles. The highest BCUT2D eigenvalue weighted by atomic mass is 35.5. The molecule has 0 aliphatic rings. The molecule has 0 fully saturated rings. The predicted molar refractivity (Wildman–Crippen MR) is 61.1 cm³/mol. The van der Waals surface area contributed by atoms with Crippen LogP contribution in [0, 0.1) is 17.0 Å². The van der Waals surface area contributed by atoms with Crippen molar-refractivity contribution in [2.75, 3.05) is 0 Å². The molecule has 0 saturated heterocycles. The largest absolute Gasteiger partial charge is 0.334 e. The number of nitro groups is 1. The van der Waals surface area contributed by atoms with Gasteiger partial charge in [0.15, 0.2) is 5.82 Å². The Labute approximate surface area is 105 Å². The van der Waals surface area contributed by atoms with E-state index in [1.807, 2.05) is 0 Å². The Morgan fingerprint density at radius 3 is 2.35 bits per heavy atom. The van der Waals surface area contributed by atoms with Crippen molar-refractivity contribution >= 4 is 28.9 Å². The minimum Gasteiger partial charge on any atom is -0.334 e. The highest BCUT2D eigenvalue weighted by Gasteiger charge is 2.19. The van der Waals surface area contributed by atoms with Crippen molar-refractivity contribution in [3.8, 4) is 11.5 Å². The summed E-state index contributed by atoms with van der Waals surface area (Å²) in [6.45, 7) is 1.64. The fourth-order valence-electron chi connectivity index (χ4n) is 1.27. The third-order valence-electron chi connectivity index (χ3n) is 1.98. The summed E-state index contributed by atoms with van der Waals surface area (Å²) < 4.78 is 4.91. The maximum absolute atomic E-state index is 10.6. The summed E-state index contributed by atoms with van der Waals surface area (Å²) in [6, 6.07) is 2.37. The molecule has 0 radical (unpaired) electrons. The number of rotatable bonds is 2. The molecule has 2 rings (SSSR count). The Morgan fingerprint density at radius 2 is 1.94 bits per heavy atom. The normalized spacial score (nSPS) is 10.5. The summed E-state index contributed by atoms with van der Waals surface area (Å²) in [7, 11) is 0. The zero-order chi connectivity index (χ0) is 12.6. The van der Waals surface area contributed by atoms with Gasteiger partial charge in [-0.1, -0.05) is 28.4 Å². The van der Waals surface area contributed by atoms with E-state index in [-0.39, 0.29) is 21.6 Å². The van der Waals surface area contributed by atoms with Crippen LogP contribution in [0.1, 0.15) is 5.82 Å². The van der Waals surface area contributed by atoms with Crippen molar-refractivity contribution in [2.45, 2.75) is 6.92 Å². The third kappa shape index (κ3) is 2.22. The quantitative estimate of drug-likeness (QED) is 0.620. The molecule has 0 N–H and O–H groups in total. The number of aromatic nitrogens is 2. The van der Waals surface area contributed by atoms with Crippen LogP contribution in [0.3, 0.4) is 0 Å². The van der Waals surface area contributed by atoms with Crippen molar-refractivity contribution in [3.63, 3.8) is 0 Å². The lowest BCUT2D eigenvalue weighted by Gasteiger charge is -2.01. The lowest BCUT2D eigenvalue weighted by Crippen LogP contribution is -1.90. The molecule has 17 heavy (non-hydrogen) atoms. The maximum Gasteiger partial charge on any atom is 0.272 e. The zero-order valence-corrected chi connectivity index (χ0v) is 9.99. The molecular formula is C9H5Cl2N3O3. The van der Waals surface area contributed by atoms with E-state index >= 15 is 0 Å². The Kier molecular flexibility index (Phi) is 2.99. The second-order valence-corrected chi connectivity index (χ2v) is 4.00. The smallest absolute Gasteiger partial charge is 0.272 e. The van der Waals surface area contributed by atoms with Crippen LogP contribution in [0.2, 0.25) is 10.0 Å². The minimum atomic E-state index is -0.583. The molecule has 0 atom stereocenters. The van der Waals surface area contributed by atoms with E-state index in [0.717, 1.165) is 0 Å². The molecule has 6 nitrogen and oxygen atoms in total. The average molecular weight is 274 g/mol. The van der Waals surface area contributed by atoms with Crippen molar-refractivity contribution < 1.29 is 9.45 Å². The van der Waals surface area contributed by atoms with E-state index in [4.69, 9.17) is 27.7 Å². The predicted octanol–water partition coefficient (Wildman–Crippen LogP) is 3.26. The number of nitro benzene ring substituents is 1. The van der Waals surface area contributed by atoms with Gasteiger partial charge in [-0.15, -0.1) is 0 Å². The van der Waals surface area contributed by atoms with Crippen molar-refractivity contribution in [2.24, 2.45) is 0 Å². The molecule has 0 amide bonds. The fourth-order valence-corrected chi connectivity index (χ4v) is 1.91. The van der Waals surface area contributed by atoms with Crippen LogP contribution in [0.5, 0.6) is 0 Å². The molecule has 0 spiro atoms. The van der Waals surface area contributed by atoms with Gasteiger partial charge in [0.1, 0.15) is 0 Å². The number of aryl methyl sites for hydroxylation is 1. The van der Waals surface area contributed by atoms with Crippen molar-refractivity contribution in [1.82, 2.24) is 10.1 Å². The van der Waals surface area contributed by atoms with Gasteiger partial charge in [0, 0.05) is 12.1 Å².